The predicted octanol–water partition coefficient (Wildman–Crippen LogP) is 3.06. The van der Waals surface area contributed by atoms with Crippen LogP contribution in [0.2, 0.25) is 0 Å². The van der Waals surface area contributed by atoms with E-state index in [9.17, 15) is 4.79 Å². The normalized spacial score (nSPS) is 21.0. The average Bonchev–Trinajstić information content (AvgIpc) is 3.06. The van der Waals surface area contributed by atoms with Gasteiger partial charge in [-0.15, -0.1) is 11.3 Å². The lowest BCUT2D eigenvalue weighted by atomic mass is 9.90. The van der Waals surface area contributed by atoms with Crippen molar-refractivity contribution >= 4 is 23.1 Å². The van der Waals surface area contributed by atoms with E-state index in [0.29, 0.717) is 0 Å². The Balaban J connectivity index is 1.33. The summed E-state index contributed by atoms with van der Waals surface area (Å²) in [4.78, 5) is 25.7. The van der Waals surface area contributed by atoms with Gasteiger partial charge >= 0.3 is 0 Å². The van der Waals surface area contributed by atoms with E-state index in [2.05, 4.69) is 33.2 Å². The van der Waals surface area contributed by atoms with Crippen LogP contribution in [0.5, 0.6) is 0 Å². The van der Waals surface area contributed by atoms with Crippen molar-refractivity contribution in [3.8, 4) is 0 Å². The van der Waals surface area contributed by atoms with E-state index in [1.54, 1.807) is 29.9 Å². The van der Waals surface area contributed by atoms with Gasteiger partial charge in [0.2, 0.25) is 0 Å². The molecule has 2 aromatic heterocycles. The number of aryl methyl sites for hydroxylation is 1. The Hall–Kier alpha value is -1.95. The molecule has 0 radical (unpaired) electrons. The van der Waals surface area contributed by atoms with Crippen LogP contribution in [0.1, 0.15) is 46.3 Å². The minimum absolute atomic E-state index is 0.102. The van der Waals surface area contributed by atoms with Gasteiger partial charge in [-0.3, -0.25) is 9.78 Å². The van der Waals surface area contributed by atoms with Crippen LogP contribution in [-0.2, 0) is 12.8 Å². The summed E-state index contributed by atoms with van der Waals surface area (Å²) >= 11 is 1.69. The van der Waals surface area contributed by atoms with Crippen molar-refractivity contribution in [2.75, 3.05) is 18.0 Å². The fourth-order valence-corrected chi connectivity index (χ4v) is 4.89. The summed E-state index contributed by atoms with van der Waals surface area (Å²) in [6.45, 7) is 4.11. The summed E-state index contributed by atoms with van der Waals surface area (Å²) in [5.74, 6) is 1.76. The van der Waals surface area contributed by atoms with Gasteiger partial charge < -0.3 is 10.2 Å². The van der Waals surface area contributed by atoms with E-state index >= 15 is 0 Å². The number of carbonyl (C=O) groups is 1. The molecule has 1 N–H and O–H groups in total. The lowest BCUT2D eigenvalue weighted by molar-refractivity contribution is 0.0935. The van der Waals surface area contributed by atoms with Crippen LogP contribution >= 0.6 is 11.3 Å². The fourth-order valence-electron chi connectivity index (χ4n) is 3.78. The molecule has 3 heterocycles. The number of rotatable bonds is 3. The Bertz CT molecular complexity index is 737. The second-order valence-electron chi connectivity index (χ2n) is 7.21. The number of nitrogens with one attached hydrogen (secondary N) is 1. The van der Waals surface area contributed by atoms with E-state index in [4.69, 9.17) is 0 Å². The maximum Gasteiger partial charge on any atom is 0.261 e. The topological polar surface area (TPSA) is 58.1 Å². The summed E-state index contributed by atoms with van der Waals surface area (Å²) < 4.78 is 0. The van der Waals surface area contributed by atoms with Gasteiger partial charge in [-0.1, -0.05) is 6.92 Å². The Morgan fingerprint density at radius 2 is 2.12 bits per heavy atom. The molecule has 6 heteroatoms. The molecule has 0 unspecified atom stereocenters. The van der Waals surface area contributed by atoms with Crippen molar-refractivity contribution in [3.05, 3.63) is 40.0 Å². The molecule has 1 saturated heterocycles. The van der Waals surface area contributed by atoms with Gasteiger partial charge in [0.1, 0.15) is 5.82 Å². The molecule has 132 valence electrons. The van der Waals surface area contributed by atoms with Gasteiger partial charge in [0.15, 0.2) is 0 Å². The van der Waals surface area contributed by atoms with Gasteiger partial charge in [-0.25, -0.2) is 4.98 Å². The van der Waals surface area contributed by atoms with Gasteiger partial charge in [0.05, 0.1) is 11.1 Å². The number of hydrogen-bond donors (Lipinski definition) is 1. The maximum atomic E-state index is 12.6. The first kappa shape index (κ1) is 16.5. The van der Waals surface area contributed by atoms with Crippen LogP contribution in [0.4, 0.5) is 5.82 Å². The van der Waals surface area contributed by atoms with Crippen LogP contribution in [-0.4, -0.2) is 35.0 Å². The molecule has 1 amide bonds. The third-order valence-corrected chi connectivity index (χ3v) is 6.49. The van der Waals surface area contributed by atoms with Crippen molar-refractivity contribution in [1.29, 1.82) is 0 Å². The van der Waals surface area contributed by atoms with Crippen LogP contribution in [0.15, 0.2) is 24.7 Å². The lowest BCUT2D eigenvalue weighted by Gasteiger charge is -2.32. The zero-order chi connectivity index (χ0) is 17.2. The van der Waals surface area contributed by atoms with E-state index in [1.807, 2.05) is 0 Å². The molecule has 5 nitrogen and oxygen atoms in total. The molecule has 25 heavy (non-hydrogen) atoms. The highest BCUT2D eigenvalue weighted by molar-refractivity contribution is 7.14. The summed E-state index contributed by atoms with van der Waals surface area (Å²) in [7, 11) is 0. The monoisotopic (exact) mass is 356 g/mol. The number of carbonyl (C=O) groups excluding carboxylic acids is 1. The zero-order valence-corrected chi connectivity index (χ0v) is 15.4. The highest BCUT2D eigenvalue weighted by Crippen LogP contribution is 2.32. The van der Waals surface area contributed by atoms with Gasteiger partial charge in [-0.2, -0.15) is 0 Å². The molecule has 0 saturated carbocycles. The van der Waals surface area contributed by atoms with E-state index in [-0.39, 0.29) is 11.9 Å². The number of amides is 1. The number of thiophene rings is 1. The third-order valence-electron chi connectivity index (χ3n) is 5.26. The molecule has 1 atom stereocenters. The Kier molecular flexibility index (Phi) is 4.70. The summed E-state index contributed by atoms with van der Waals surface area (Å²) in [5, 5.41) is 3.24. The smallest absolute Gasteiger partial charge is 0.261 e. The predicted molar refractivity (Wildman–Crippen MR) is 100 cm³/mol. The quantitative estimate of drug-likeness (QED) is 0.918. The number of fused-ring (bicyclic) bond motifs is 1. The van der Waals surface area contributed by atoms with Crippen LogP contribution in [0, 0.1) is 5.92 Å². The minimum Gasteiger partial charge on any atom is -0.355 e. The van der Waals surface area contributed by atoms with E-state index in [0.717, 1.165) is 55.4 Å². The van der Waals surface area contributed by atoms with E-state index < -0.39 is 0 Å². The average molecular weight is 356 g/mol. The summed E-state index contributed by atoms with van der Waals surface area (Å²) in [6.07, 6.45) is 10.6. The van der Waals surface area contributed by atoms with Gasteiger partial charge in [-0.05, 0) is 49.7 Å². The first-order chi connectivity index (χ1) is 12.2. The van der Waals surface area contributed by atoms with Crippen molar-refractivity contribution < 1.29 is 4.79 Å². The molecule has 0 aromatic carbocycles. The van der Waals surface area contributed by atoms with Crippen molar-refractivity contribution in [2.45, 2.75) is 45.1 Å². The molecular weight excluding hydrogens is 332 g/mol. The van der Waals surface area contributed by atoms with Crippen LogP contribution < -0.4 is 10.2 Å². The molecular formula is C19H24N4OS. The summed E-state index contributed by atoms with van der Waals surface area (Å²) in [5.41, 5.74) is 1.39. The zero-order valence-electron chi connectivity index (χ0n) is 14.6. The number of nitrogens with zero attached hydrogens (tertiary/aromatic N) is 3. The Morgan fingerprint density at radius 1 is 1.28 bits per heavy atom. The Labute approximate surface area is 152 Å². The second kappa shape index (κ2) is 7.12. The second-order valence-corrected chi connectivity index (χ2v) is 8.34. The molecule has 2 aliphatic rings. The largest absolute Gasteiger partial charge is 0.355 e. The fraction of sp³-hybridized carbons (Fsp3) is 0.526. The first-order valence-electron chi connectivity index (χ1n) is 9.12. The Morgan fingerprint density at radius 3 is 2.88 bits per heavy atom. The number of piperidine rings is 1. The van der Waals surface area contributed by atoms with Crippen molar-refractivity contribution in [2.24, 2.45) is 5.92 Å². The molecule has 1 aliphatic carbocycles. The molecule has 1 fully saturated rings. The van der Waals surface area contributed by atoms with Crippen LogP contribution in [0.25, 0.3) is 0 Å². The van der Waals surface area contributed by atoms with Crippen molar-refractivity contribution in [3.63, 3.8) is 0 Å². The molecule has 0 bridgehead atoms. The van der Waals surface area contributed by atoms with E-state index in [1.165, 1.54) is 16.9 Å². The standard InChI is InChI=1S/C19H24N4OS/c1-13-2-3-16-14(10-13)11-17(25-16)19(24)22-15-4-8-23(9-5-15)18-12-20-6-7-21-18/h6-7,11-13,15H,2-5,8-10H2,1H3,(H,22,24)/t13-/m0/s1. The molecule has 0 spiro atoms. The molecule has 1 aliphatic heterocycles. The third kappa shape index (κ3) is 3.68. The maximum absolute atomic E-state index is 12.6. The highest BCUT2D eigenvalue weighted by Gasteiger charge is 2.24. The number of aromatic nitrogens is 2. The lowest BCUT2D eigenvalue weighted by Crippen LogP contribution is -2.44. The summed E-state index contributed by atoms with van der Waals surface area (Å²) in [6, 6.07) is 2.37. The van der Waals surface area contributed by atoms with Crippen LogP contribution in [0.3, 0.4) is 0 Å². The highest BCUT2D eigenvalue weighted by atomic mass is 32.1. The van der Waals surface area contributed by atoms with Crippen molar-refractivity contribution in [1.82, 2.24) is 15.3 Å². The van der Waals surface area contributed by atoms with Gasteiger partial charge in [0.25, 0.3) is 5.91 Å². The number of anilines is 1. The van der Waals surface area contributed by atoms with Gasteiger partial charge in [0, 0.05) is 36.4 Å². The molecule has 4 rings (SSSR count). The number of hydrogen-bond acceptors (Lipinski definition) is 5. The SMILES string of the molecule is C[C@H]1CCc2sc(C(=O)NC3CCN(c4cnccn4)CC3)cc2C1. The minimum atomic E-state index is 0.102. The first-order valence-corrected chi connectivity index (χ1v) is 9.94. The molecule has 2 aromatic rings.